The molecule has 17 atom stereocenters. The number of hydrogen-bond acceptors (Lipinski definition) is 19. The van der Waals surface area contributed by atoms with Gasteiger partial charge >= 0.3 is 5.97 Å². The van der Waals surface area contributed by atoms with Gasteiger partial charge in [0.2, 0.25) is 17.7 Å². The highest BCUT2D eigenvalue weighted by Crippen LogP contribution is 2.36. The molecule has 0 radical (unpaired) electrons. The van der Waals surface area contributed by atoms with Gasteiger partial charge in [-0.25, -0.2) is 4.79 Å². The number of unbranched alkanes of at least 4 members (excludes halogenated alkanes) is 27. The van der Waals surface area contributed by atoms with Crippen molar-refractivity contribution in [2.24, 2.45) is 0 Å². The summed E-state index contributed by atoms with van der Waals surface area (Å²) in [5, 5.41) is 116. The SMILES string of the molecule is CCCCCCCCCCCCCCCCCCCCCCCC(=O)NC(CCCCCCCCCC)CO[C@@H]1OC(CO)[C@@H](O[C@@H]2OC(CO[C@]3(C(=O)O)C[C@@H](O)[C@@H](NC(C)=O)C([C@H](O)[C@H](O)CO)O3)[C@H](O)C(O)[C@@H]2O)[C@H](O)C1NC(C)=O. The molecule has 0 saturated carbocycles. The molecule has 3 aliphatic heterocycles. The number of ether oxygens (including phenoxy) is 6. The molecule has 6 unspecified atom stereocenters. The number of amides is 3. The number of carbonyl (C=O) groups excluding carboxylic acids is 3. The van der Waals surface area contributed by atoms with Crippen molar-refractivity contribution in [2.75, 3.05) is 26.4 Å². The van der Waals surface area contributed by atoms with Crippen LogP contribution in [0.2, 0.25) is 0 Å². The zero-order valence-electron chi connectivity index (χ0n) is 51.2. The first kappa shape index (κ1) is 75.5. The van der Waals surface area contributed by atoms with E-state index in [1.54, 1.807) is 0 Å². The molecule has 0 bridgehead atoms. The highest BCUT2D eigenvalue weighted by atomic mass is 16.8. The van der Waals surface area contributed by atoms with E-state index in [-0.39, 0.29) is 12.5 Å². The molecule has 492 valence electrons. The third-order valence-corrected chi connectivity index (χ3v) is 16.6. The van der Waals surface area contributed by atoms with E-state index in [0.29, 0.717) is 12.8 Å². The van der Waals surface area contributed by atoms with E-state index in [4.69, 9.17) is 28.4 Å². The van der Waals surface area contributed by atoms with E-state index in [1.165, 1.54) is 129 Å². The van der Waals surface area contributed by atoms with Gasteiger partial charge in [0.25, 0.3) is 5.79 Å². The minimum atomic E-state index is -2.87. The summed E-state index contributed by atoms with van der Waals surface area (Å²) < 4.78 is 35.4. The first-order chi connectivity index (χ1) is 40.3. The second-order valence-corrected chi connectivity index (χ2v) is 23.9. The number of carboxylic acids is 1. The molecule has 3 aliphatic rings. The van der Waals surface area contributed by atoms with Crippen LogP contribution >= 0.6 is 0 Å². The first-order valence-corrected chi connectivity index (χ1v) is 32.3. The summed E-state index contributed by atoms with van der Waals surface area (Å²) in [5.74, 6) is -6.19. The van der Waals surface area contributed by atoms with Gasteiger partial charge in [0.15, 0.2) is 12.6 Å². The van der Waals surface area contributed by atoms with Crippen LogP contribution in [0.4, 0.5) is 0 Å². The molecule has 3 saturated heterocycles. The Hall–Kier alpha value is -2.72. The Bertz CT molecular complexity index is 1780. The normalized spacial score (nSPS) is 29.2. The lowest BCUT2D eigenvalue weighted by molar-refractivity contribution is -0.360. The Labute approximate surface area is 500 Å². The highest BCUT2D eigenvalue weighted by Gasteiger charge is 2.57. The topological polar surface area (TPSA) is 362 Å². The van der Waals surface area contributed by atoms with E-state index in [1.807, 2.05) is 0 Å². The van der Waals surface area contributed by atoms with Crippen molar-refractivity contribution in [3.05, 3.63) is 0 Å². The quantitative estimate of drug-likeness (QED) is 0.0371. The fourth-order valence-corrected chi connectivity index (χ4v) is 11.5. The lowest BCUT2D eigenvalue weighted by Gasteiger charge is -2.48. The molecule has 13 N–H and O–H groups in total. The third-order valence-electron chi connectivity index (χ3n) is 16.6. The summed E-state index contributed by atoms with van der Waals surface area (Å²) in [4.78, 5) is 50.8. The number of aliphatic hydroxyl groups excluding tert-OH is 9. The van der Waals surface area contributed by atoms with Crippen LogP contribution in [0, 0.1) is 0 Å². The van der Waals surface area contributed by atoms with Crippen molar-refractivity contribution >= 4 is 23.7 Å². The summed E-state index contributed by atoms with van der Waals surface area (Å²) in [6, 6.07) is -3.34. The molecule has 3 fully saturated rings. The van der Waals surface area contributed by atoms with Gasteiger partial charge in [-0.15, -0.1) is 0 Å². The molecule has 0 aromatic carbocycles. The summed E-state index contributed by atoms with van der Waals surface area (Å²) >= 11 is 0. The highest BCUT2D eigenvalue weighted by molar-refractivity contribution is 5.77. The largest absolute Gasteiger partial charge is 0.477 e. The fourth-order valence-electron chi connectivity index (χ4n) is 11.5. The third kappa shape index (κ3) is 27.3. The minimum Gasteiger partial charge on any atom is -0.477 e. The van der Waals surface area contributed by atoms with E-state index >= 15 is 0 Å². The van der Waals surface area contributed by atoms with Crippen molar-refractivity contribution in [2.45, 2.75) is 337 Å². The van der Waals surface area contributed by atoms with Gasteiger partial charge in [0, 0.05) is 26.7 Å². The van der Waals surface area contributed by atoms with Gasteiger partial charge in [-0.05, 0) is 12.8 Å². The summed E-state index contributed by atoms with van der Waals surface area (Å²) in [6.07, 6.45) is 11.6. The zero-order valence-corrected chi connectivity index (χ0v) is 51.2. The number of hydrogen-bond donors (Lipinski definition) is 13. The molecule has 0 aromatic heterocycles. The minimum absolute atomic E-state index is 0.0803. The zero-order chi connectivity index (χ0) is 61.9. The van der Waals surface area contributed by atoms with Crippen LogP contribution in [0.5, 0.6) is 0 Å². The van der Waals surface area contributed by atoms with Crippen LogP contribution < -0.4 is 16.0 Å². The monoisotopic (exact) mass is 1210 g/mol. The smallest absolute Gasteiger partial charge is 0.364 e. The lowest BCUT2D eigenvalue weighted by atomic mass is 9.88. The second-order valence-electron chi connectivity index (χ2n) is 23.9. The number of carboxylic acid groups (broad SMARTS) is 1. The maximum atomic E-state index is 13.4. The Morgan fingerprint density at radius 3 is 1.51 bits per heavy atom. The number of aliphatic hydroxyl groups is 9. The van der Waals surface area contributed by atoms with E-state index in [9.17, 15) is 70.2 Å². The summed E-state index contributed by atoms with van der Waals surface area (Å²) in [7, 11) is 0. The average Bonchev–Trinajstić information content (AvgIpc) is 1.95. The van der Waals surface area contributed by atoms with Crippen LogP contribution in [0.15, 0.2) is 0 Å². The fraction of sp³-hybridized carbons (Fsp3) is 0.934. The molecule has 84 heavy (non-hydrogen) atoms. The van der Waals surface area contributed by atoms with Crippen molar-refractivity contribution < 1.29 is 98.7 Å². The molecular formula is C61H113N3O20. The number of nitrogens with one attached hydrogen (secondary N) is 3. The van der Waals surface area contributed by atoms with E-state index in [2.05, 4.69) is 29.8 Å². The molecular weight excluding hydrogens is 1090 g/mol. The molecule has 0 aliphatic carbocycles. The molecule has 0 aromatic rings. The van der Waals surface area contributed by atoms with Gasteiger partial charge in [0.05, 0.1) is 44.6 Å². The van der Waals surface area contributed by atoms with Crippen LogP contribution in [0.1, 0.15) is 233 Å². The van der Waals surface area contributed by atoms with Crippen molar-refractivity contribution in [1.82, 2.24) is 16.0 Å². The van der Waals surface area contributed by atoms with Crippen LogP contribution in [-0.4, -0.2) is 205 Å². The Morgan fingerprint density at radius 1 is 0.583 bits per heavy atom. The first-order valence-electron chi connectivity index (χ1n) is 32.3. The van der Waals surface area contributed by atoms with Gasteiger partial charge in [-0.3, -0.25) is 14.4 Å². The predicted molar refractivity (Wildman–Crippen MR) is 312 cm³/mol. The molecule has 3 rings (SSSR count). The van der Waals surface area contributed by atoms with Gasteiger partial charge in [-0.2, -0.15) is 0 Å². The van der Waals surface area contributed by atoms with Crippen molar-refractivity contribution in [3.8, 4) is 0 Å². The Morgan fingerprint density at radius 2 is 1.05 bits per heavy atom. The number of aliphatic carboxylic acids is 1. The molecule has 23 nitrogen and oxygen atoms in total. The Kier molecular flexibility index (Phi) is 38.7. The van der Waals surface area contributed by atoms with Gasteiger partial charge < -0.3 is 95.4 Å². The molecule has 0 spiro atoms. The average molecular weight is 1210 g/mol. The summed E-state index contributed by atoms with van der Waals surface area (Å²) in [6.45, 7) is 3.81. The van der Waals surface area contributed by atoms with E-state index in [0.717, 1.165) is 71.1 Å². The van der Waals surface area contributed by atoms with Crippen molar-refractivity contribution in [1.29, 1.82) is 0 Å². The molecule has 3 heterocycles. The van der Waals surface area contributed by atoms with Gasteiger partial charge in [-0.1, -0.05) is 194 Å². The maximum absolute atomic E-state index is 13.4. The van der Waals surface area contributed by atoms with Crippen LogP contribution in [-0.2, 0) is 47.6 Å². The van der Waals surface area contributed by atoms with E-state index < -0.39 is 148 Å². The van der Waals surface area contributed by atoms with Crippen LogP contribution in [0.3, 0.4) is 0 Å². The predicted octanol–water partition coefficient (Wildman–Crippen LogP) is 4.56. The molecule has 23 heteroatoms. The second kappa shape index (κ2) is 43.0. The number of carbonyl (C=O) groups is 4. The standard InChI is InChI=1S/C61H113N3O20/c1-5-7-9-11-13-15-16-17-18-19-20-21-22-23-24-25-26-27-29-31-33-35-48(71)64-43(34-32-30-28-14-12-10-8-6-2)39-79-58-50(63-42(4)68)53(74)56(46(38-66)81-58)83-59-55(76)54(75)52(73)47(82-59)40-80-61(60(77)78)36-44(69)49(62-41(3)67)57(84-61)51(72)45(70)37-65/h43-47,49-59,65-66,69-70,72-76H,5-40H2,1-4H3,(H,62,67)(H,63,68)(H,64,71)(H,77,78)/t43?,44-,45-,46?,47?,49-,50?,51-,52+,53-,54?,55+,56-,57?,58-,59+,61-/m1/s1. The Balaban J connectivity index is 1.58. The van der Waals surface area contributed by atoms with Crippen molar-refractivity contribution in [3.63, 3.8) is 0 Å². The molecule has 3 amide bonds. The lowest BCUT2D eigenvalue weighted by Crippen LogP contribution is -2.69. The van der Waals surface area contributed by atoms with Crippen LogP contribution in [0.25, 0.3) is 0 Å². The number of rotatable bonds is 47. The summed E-state index contributed by atoms with van der Waals surface area (Å²) in [5.41, 5.74) is 0. The van der Waals surface area contributed by atoms with Gasteiger partial charge in [0.1, 0.15) is 67.1 Å². The maximum Gasteiger partial charge on any atom is 0.364 e.